The lowest BCUT2D eigenvalue weighted by atomic mass is 9.94. The molecule has 0 bridgehead atoms. The van der Waals surface area contributed by atoms with Gasteiger partial charge in [-0.15, -0.1) is 0 Å². The van der Waals surface area contributed by atoms with E-state index in [-0.39, 0.29) is 12.8 Å². The highest BCUT2D eigenvalue weighted by molar-refractivity contribution is 5.34. The van der Waals surface area contributed by atoms with Gasteiger partial charge in [-0.1, -0.05) is 43.7 Å². The first kappa shape index (κ1) is 16.4. The lowest BCUT2D eigenvalue weighted by Crippen LogP contribution is -2.24. The predicted octanol–water partition coefficient (Wildman–Crippen LogP) is 6.00. The van der Waals surface area contributed by atoms with E-state index in [0.717, 1.165) is 0 Å². The van der Waals surface area contributed by atoms with E-state index in [9.17, 15) is 13.2 Å². The summed E-state index contributed by atoms with van der Waals surface area (Å²) >= 11 is 0. The molecular formula is C18H19F3O. The lowest BCUT2D eigenvalue weighted by molar-refractivity contribution is -0.176. The van der Waals surface area contributed by atoms with E-state index in [1.54, 1.807) is 31.2 Å². The zero-order valence-electron chi connectivity index (χ0n) is 12.4. The molecule has 0 aliphatic heterocycles. The first-order valence-corrected chi connectivity index (χ1v) is 7.37. The molecule has 2 aromatic carbocycles. The Labute approximate surface area is 128 Å². The summed E-state index contributed by atoms with van der Waals surface area (Å²) in [5.74, 6) is -0.0776. The highest BCUT2D eigenvalue weighted by Crippen LogP contribution is 2.33. The van der Waals surface area contributed by atoms with Crippen molar-refractivity contribution in [1.82, 2.24) is 0 Å². The Balaban J connectivity index is 2.10. The van der Waals surface area contributed by atoms with Crippen LogP contribution in [-0.2, 0) is 6.42 Å². The number of benzene rings is 2. The number of rotatable bonds is 6. The fraction of sp³-hybridized carbons (Fsp3) is 0.333. The second-order valence-corrected chi connectivity index (χ2v) is 5.29. The van der Waals surface area contributed by atoms with E-state index in [1.165, 1.54) is 0 Å². The number of ether oxygens (including phenoxy) is 1. The van der Waals surface area contributed by atoms with Crippen LogP contribution < -0.4 is 4.74 Å². The summed E-state index contributed by atoms with van der Waals surface area (Å²) in [6.07, 6.45) is -3.51. The summed E-state index contributed by atoms with van der Waals surface area (Å²) in [5.41, 5.74) is 0.643. The molecule has 2 rings (SSSR count). The summed E-state index contributed by atoms with van der Waals surface area (Å²) in [6, 6.07) is 16.1. The Morgan fingerprint density at radius 1 is 0.955 bits per heavy atom. The maximum atomic E-state index is 13.0. The van der Waals surface area contributed by atoms with Gasteiger partial charge in [-0.2, -0.15) is 13.2 Å². The van der Waals surface area contributed by atoms with Gasteiger partial charge >= 0.3 is 6.18 Å². The zero-order chi connectivity index (χ0) is 16.0. The van der Waals surface area contributed by atoms with Gasteiger partial charge < -0.3 is 4.74 Å². The Morgan fingerprint density at radius 3 is 2.27 bits per heavy atom. The molecule has 0 radical (unpaired) electrons. The molecule has 4 heteroatoms. The van der Waals surface area contributed by atoms with Crippen LogP contribution in [0.25, 0.3) is 0 Å². The van der Waals surface area contributed by atoms with Gasteiger partial charge in [0.25, 0.3) is 0 Å². The molecule has 0 saturated heterocycles. The van der Waals surface area contributed by atoms with Gasteiger partial charge in [-0.3, -0.25) is 0 Å². The van der Waals surface area contributed by atoms with Crippen molar-refractivity contribution in [2.24, 2.45) is 5.92 Å². The van der Waals surface area contributed by atoms with Gasteiger partial charge in [-0.05, 0) is 42.7 Å². The van der Waals surface area contributed by atoms with Crippen molar-refractivity contribution in [3.63, 3.8) is 0 Å². The summed E-state index contributed by atoms with van der Waals surface area (Å²) < 4.78 is 44.7. The van der Waals surface area contributed by atoms with Crippen molar-refractivity contribution in [2.75, 3.05) is 0 Å². The highest BCUT2D eigenvalue weighted by Gasteiger charge is 2.38. The normalized spacial score (nSPS) is 12.9. The smallest absolute Gasteiger partial charge is 0.392 e. The Bertz CT molecular complexity index is 578. The summed E-state index contributed by atoms with van der Waals surface area (Å²) in [7, 11) is 0. The minimum Gasteiger partial charge on any atom is -0.457 e. The van der Waals surface area contributed by atoms with Crippen molar-refractivity contribution >= 4 is 0 Å². The van der Waals surface area contributed by atoms with Crippen LogP contribution in [-0.4, -0.2) is 6.18 Å². The van der Waals surface area contributed by atoms with Crippen molar-refractivity contribution in [2.45, 2.75) is 32.4 Å². The average molecular weight is 308 g/mol. The average Bonchev–Trinajstić information content (AvgIpc) is 2.47. The Kier molecular flexibility index (Phi) is 5.47. The minimum atomic E-state index is -4.16. The van der Waals surface area contributed by atoms with E-state index in [2.05, 4.69) is 0 Å². The molecule has 0 fully saturated rings. The van der Waals surface area contributed by atoms with Crippen molar-refractivity contribution < 1.29 is 17.9 Å². The maximum Gasteiger partial charge on any atom is 0.392 e. The van der Waals surface area contributed by atoms with E-state index in [1.807, 2.05) is 30.3 Å². The predicted molar refractivity (Wildman–Crippen MR) is 81.1 cm³/mol. The second kappa shape index (κ2) is 7.34. The quantitative estimate of drug-likeness (QED) is 0.636. The van der Waals surface area contributed by atoms with Gasteiger partial charge in [0.2, 0.25) is 0 Å². The third kappa shape index (κ3) is 4.79. The fourth-order valence-electron chi connectivity index (χ4n) is 2.38. The third-order valence-electron chi connectivity index (χ3n) is 3.46. The Hall–Kier alpha value is -1.97. The molecule has 1 nitrogen and oxygen atoms in total. The summed E-state index contributed by atoms with van der Waals surface area (Å²) in [5, 5.41) is 0. The molecule has 0 heterocycles. The molecule has 22 heavy (non-hydrogen) atoms. The van der Waals surface area contributed by atoms with Crippen molar-refractivity contribution in [3.8, 4) is 11.5 Å². The van der Waals surface area contributed by atoms with Crippen LogP contribution in [0.4, 0.5) is 13.2 Å². The summed E-state index contributed by atoms with van der Waals surface area (Å²) in [4.78, 5) is 0. The molecule has 118 valence electrons. The van der Waals surface area contributed by atoms with Crippen LogP contribution in [0.3, 0.4) is 0 Å². The standard InChI is InChI=1S/C18H19F3O/c1-2-7-15(18(19,20)21)12-14-8-6-11-17(13-14)22-16-9-4-3-5-10-16/h3-6,8-11,13,15H,2,7,12H2,1H3. The van der Waals surface area contributed by atoms with Gasteiger partial charge in [0, 0.05) is 0 Å². The van der Waals surface area contributed by atoms with Crippen molar-refractivity contribution in [3.05, 3.63) is 60.2 Å². The molecule has 2 aromatic rings. The molecule has 0 N–H and O–H groups in total. The van der Waals surface area contributed by atoms with E-state index < -0.39 is 12.1 Å². The highest BCUT2D eigenvalue weighted by atomic mass is 19.4. The molecule has 0 aliphatic rings. The monoisotopic (exact) mass is 308 g/mol. The second-order valence-electron chi connectivity index (χ2n) is 5.29. The van der Waals surface area contributed by atoms with Crippen LogP contribution in [0, 0.1) is 5.92 Å². The van der Waals surface area contributed by atoms with Gasteiger partial charge in [0.1, 0.15) is 11.5 Å². The Morgan fingerprint density at radius 2 is 1.64 bits per heavy atom. The largest absolute Gasteiger partial charge is 0.457 e. The number of para-hydroxylation sites is 1. The van der Waals surface area contributed by atoms with Crippen LogP contribution in [0.5, 0.6) is 11.5 Å². The number of hydrogen-bond donors (Lipinski definition) is 0. The van der Waals surface area contributed by atoms with Crippen LogP contribution in [0.2, 0.25) is 0 Å². The molecule has 0 aromatic heterocycles. The number of hydrogen-bond acceptors (Lipinski definition) is 1. The number of halogens is 3. The minimum absolute atomic E-state index is 0.0106. The molecular weight excluding hydrogens is 289 g/mol. The molecule has 1 atom stereocenters. The van der Waals surface area contributed by atoms with Crippen LogP contribution in [0.1, 0.15) is 25.3 Å². The SMILES string of the molecule is CCCC(Cc1cccc(Oc2ccccc2)c1)C(F)(F)F. The first-order valence-electron chi connectivity index (χ1n) is 7.37. The van der Waals surface area contributed by atoms with E-state index in [0.29, 0.717) is 23.5 Å². The summed E-state index contributed by atoms with van der Waals surface area (Å²) in [6.45, 7) is 1.77. The topological polar surface area (TPSA) is 9.23 Å². The third-order valence-corrected chi connectivity index (χ3v) is 3.46. The van der Waals surface area contributed by atoms with E-state index in [4.69, 9.17) is 4.74 Å². The van der Waals surface area contributed by atoms with E-state index >= 15 is 0 Å². The van der Waals surface area contributed by atoms with Gasteiger partial charge in [0.05, 0.1) is 5.92 Å². The van der Waals surface area contributed by atoms with Gasteiger partial charge in [-0.25, -0.2) is 0 Å². The fourth-order valence-corrected chi connectivity index (χ4v) is 2.38. The zero-order valence-corrected chi connectivity index (χ0v) is 12.4. The molecule has 0 amide bonds. The molecule has 1 unspecified atom stereocenters. The van der Waals surface area contributed by atoms with Crippen LogP contribution in [0.15, 0.2) is 54.6 Å². The molecule has 0 spiro atoms. The maximum absolute atomic E-state index is 13.0. The molecule has 0 saturated carbocycles. The molecule has 0 aliphatic carbocycles. The lowest BCUT2D eigenvalue weighted by Gasteiger charge is -2.20. The van der Waals surface area contributed by atoms with Gasteiger partial charge in [0.15, 0.2) is 0 Å². The number of alkyl halides is 3. The van der Waals surface area contributed by atoms with Crippen LogP contribution >= 0.6 is 0 Å². The van der Waals surface area contributed by atoms with Crippen molar-refractivity contribution in [1.29, 1.82) is 0 Å². The first-order chi connectivity index (χ1) is 10.5.